The fourth-order valence-corrected chi connectivity index (χ4v) is 3.60. The molecule has 1 aromatic heterocycles. The molecular formula is C24H23NO. The summed E-state index contributed by atoms with van der Waals surface area (Å²) >= 11 is 0. The van der Waals surface area contributed by atoms with Crippen molar-refractivity contribution in [1.82, 2.24) is 4.57 Å². The van der Waals surface area contributed by atoms with E-state index in [1.54, 1.807) is 0 Å². The summed E-state index contributed by atoms with van der Waals surface area (Å²) in [4.78, 5) is 0. The Morgan fingerprint density at radius 1 is 0.808 bits per heavy atom. The van der Waals surface area contributed by atoms with Gasteiger partial charge in [-0.1, -0.05) is 78.4 Å². The average Bonchev–Trinajstić information content (AvgIpc) is 3.11. The predicted octanol–water partition coefficient (Wildman–Crippen LogP) is 5.47. The molecule has 1 N–H and O–H groups in total. The maximum atomic E-state index is 11.2. The molecule has 0 spiro atoms. The number of rotatable bonds is 5. The van der Waals surface area contributed by atoms with Crippen LogP contribution in [0.25, 0.3) is 10.9 Å². The lowest BCUT2D eigenvalue weighted by atomic mass is 9.95. The van der Waals surface area contributed by atoms with Crippen LogP contribution in [0.4, 0.5) is 0 Å². The van der Waals surface area contributed by atoms with Gasteiger partial charge in [0.05, 0.1) is 12.1 Å². The molecule has 0 aliphatic carbocycles. The first-order valence-electron chi connectivity index (χ1n) is 9.06. The maximum absolute atomic E-state index is 11.2. The standard InChI is InChI=1S/C24H23NO/c1-18-11-13-21(14-12-18)24(26)23(17-19-7-3-2-4-8-19)25-16-15-20-9-5-6-10-22(20)25/h2-16,23-24,26H,17H2,1H3. The van der Waals surface area contributed by atoms with Crippen LogP contribution in [0.3, 0.4) is 0 Å². The van der Waals surface area contributed by atoms with Crippen molar-refractivity contribution in [3.63, 3.8) is 0 Å². The van der Waals surface area contributed by atoms with Gasteiger partial charge in [-0.2, -0.15) is 0 Å². The van der Waals surface area contributed by atoms with Crippen molar-refractivity contribution >= 4 is 10.9 Å². The Morgan fingerprint density at radius 3 is 2.27 bits per heavy atom. The molecule has 0 amide bonds. The molecule has 0 saturated heterocycles. The second kappa shape index (κ2) is 7.19. The molecule has 4 rings (SSSR count). The van der Waals surface area contributed by atoms with Crippen molar-refractivity contribution in [3.8, 4) is 0 Å². The number of hydrogen-bond acceptors (Lipinski definition) is 1. The maximum Gasteiger partial charge on any atom is 0.1000 e. The lowest BCUT2D eigenvalue weighted by molar-refractivity contribution is 0.115. The number of hydrogen-bond donors (Lipinski definition) is 1. The molecule has 0 bridgehead atoms. The van der Waals surface area contributed by atoms with Crippen LogP contribution in [0.15, 0.2) is 91.1 Å². The summed E-state index contributed by atoms with van der Waals surface area (Å²) in [5.74, 6) is 0. The first-order valence-corrected chi connectivity index (χ1v) is 9.06. The van der Waals surface area contributed by atoms with Gasteiger partial charge in [0.25, 0.3) is 0 Å². The minimum absolute atomic E-state index is 0.0694. The summed E-state index contributed by atoms with van der Waals surface area (Å²) in [6.07, 6.45) is 2.29. The van der Waals surface area contributed by atoms with E-state index in [4.69, 9.17) is 0 Å². The molecule has 4 aromatic rings. The Morgan fingerprint density at radius 2 is 1.50 bits per heavy atom. The third-order valence-corrected chi connectivity index (χ3v) is 5.06. The van der Waals surface area contributed by atoms with Crippen molar-refractivity contribution in [3.05, 3.63) is 108 Å². The lowest BCUT2D eigenvalue weighted by Crippen LogP contribution is -2.19. The van der Waals surface area contributed by atoms with Crippen LogP contribution in [-0.4, -0.2) is 9.67 Å². The molecule has 3 aromatic carbocycles. The molecule has 0 radical (unpaired) electrons. The summed E-state index contributed by atoms with van der Waals surface area (Å²) in [5.41, 5.74) is 4.53. The number of aliphatic hydroxyl groups is 1. The summed E-state index contributed by atoms with van der Waals surface area (Å²) in [6, 6.07) is 29.0. The molecule has 2 heteroatoms. The molecule has 0 saturated carbocycles. The van der Waals surface area contributed by atoms with E-state index >= 15 is 0 Å². The van der Waals surface area contributed by atoms with E-state index in [0.717, 1.165) is 17.5 Å². The van der Waals surface area contributed by atoms with Gasteiger partial charge >= 0.3 is 0 Å². The fraction of sp³-hybridized carbons (Fsp3) is 0.167. The van der Waals surface area contributed by atoms with Crippen molar-refractivity contribution in [2.24, 2.45) is 0 Å². The topological polar surface area (TPSA) is 25.2 Å². The fourth-order valence-electron chi connectivity index (χ4n) is 3.60. The first-order chi connectivity index (χ1) is 12.7. The minimum Gasteiger partial charge on any atom is -0.386 e. The van der Waals surface area contributed by atoms with Crippen LogP contribution in [0.5, 0.6) is 0 Å². The van der Waals surface area contributed by atoms with Crippen LogP contribution >= 0.6 is 0 Å². The summed E-state index contributed by atoms with van der Waals surface area (Å²) < 4.78 is 2.22. The molecule has 2 atom stereocenters. The van der Waals surface area contributed by atoms with Crippen LogP contribution in [0, 0.1) is 6.92 Å². The molecule has 0 aliphatic rings. The number of para-hydroxylation sites is 1. The van der Waals surface area contributed by atoms with E-state index in [9.17, 15) is 5.11 Å². The molecule has 2 unspecified atom stereocenters. The number of fused-ring (bicyclic) bond motifs is 1. The number of benzene rings is 3. The Kier molecular flexibility index (Phi) is 4.59. The van der Waals surface area contributed by atoms with Gasteiger partial charge in [0.1, 0.15) is 0 Å². The van der Waals surface area contributed by atoms with Crippen LogP contribution in [-0.2, 0) is 6.42 Å². The Balaban J connectivity index is 1.77. The minimum atomic E-state index is -0.577. The van der Waals surface area contributed by atoms with E-state index in [2.05, 4.69) is 84.4 Å². The molecule has 2 nitrogen and oxygen atoms in total. The molecule has 130 valence electrons. The zero-order chi connectivity index (χ0) is 17.9. The molecule has 0 fully saturated rings. The van der Waals surface area contributed by atoms with E-state index in [-0.39, 0.29) is 6.04 Å². The number of nitrogens with zero attached hydrogens (tertiary/aromatic N) is 1. The predicted molar refractivity (Wildman–Crippen MR) is 107 cm³/mol. The summed E-state index contributed by atoms with van der Waals surface area (Å²) in [7, 11) is 0. The zero-order valence-electron chi connectivity index (χ0n) is 14.9. The van der Waals surface area contributed by atoms with Gasteiger partial charge < -0.3 is 9.67 Å². The van der Waals surface area contributed by atoms with Gasteiger partial charge in [0.2, 0.25) is 0 Å². The lowest BCUT2D eigenvalue weighted by Gasteiger charge is -2.26. The highest BCUT2D eigenvalue weighted by molar-refractivity contribution is 5.80. The third-order valence-electron chi connectivity index (χ3n) is 5.06. The Hall–Kier alpha value is -2.84. The second-order valence-electron chi connectivity index (χ2n) is 6.89. The van der Waals surface area contributed by atoms with Gasteiger partial charge in [-0.25, -0.2) is 0 Å². The average molecular weight is 341 g/mol. The van der Waals surface area contributed by atoms with Crippen molar-refractivity contribution < 1.29 is 5.11 Å². The highest BCUT2D eigenvalue weighted by Crippen LogP contribution is 2.33. The van der Waals surface area contributed by atoms with Crippen LogP contribution < -0.4 is 0 Å². The van der Waals surface area contributed by atoms with Gasteiger partial charge in [0.15, 0.2) is 0 Å². The quantitative estimate of drug-likeness (QED) is 0.512. The van der Waals surface area contributed by atoms with E-state index in [0.29, 0.717) is 0 Å². The van der Waals surface area contributed by atoms with Gasteiger partial charge in [-0.15, -0.1) is 0 Å². The Labute approximate surface area is 154 Å². The zero-order valence-corrected chi connectivity index (χ0v) is 14.9. The van der Waals surface area contributed by atoms with Crippen LogP contribution in [0.2, 0.25) is 0 Å². The van der Waals surface area contributed by atoms with E-state index in [1.807, 2.05) is 18.2 Å². The van der Waals surface area contributed by atoms with Crippen molar-refractivity contribution in [1.29, 1.82) is 0 Å². The summed E-state index contributed by atoms with van der Waals surface area (Å²) in [5, 5.41) is 12.4. The van der Waals surface area contributed by atoms with Crippen molar-refractivity contribution in [2.45, 2.75) is 25.5 Å². The van der Waals surface area contributed by atoms with E-state index < -0.39 is 6.10 Å². The van der Waals surface area contributed by atoms with Gasteiger partial charge in [0, 0.05) is 11.7 Å². The Bertz CT molecular complexity index is 986. The smallest absolute Gasteiger partial charge is 0.1000 e. The largest absolute Gasteiger partial charge is 0.386 e. The van der Waals surface area contributed by atoms with Crippen LogP contribution in [0.1, 0.15) is 28.8 Å². The SMILES string of the molecule is Cc1ccc(C(O)C(Cc2ccccc2)n2ccc3ccccc32)cc1. The number of aromatic nitrogens is 1. The monoisotopic (exact) mass is 341 g/mol. The number of aliphatic hydroxyl groups excluding tert-OH is 1. The molecular weight excluding hydrogens is 318 g/mol. The van der Waals surface area contributed by atoms with E-state index in [1.165, 1.54) is 16.5 Å². The second-order valence-corrected chi connectivity index (χ2v) is 6.89. The first kappa shape index (κ1) is 16.6. The molecule has 1 heterocycles. The summed E-state index contributed by atoms with van der Waals surface area (Å²) in [6.45, 7) is 2.07. The molecule has 0 aliphatic heterocycles. The van der Waals surface area contributed by atoms with Gasteiger partial charge in [-0.05, 0) is 42.0 Å². The third kappa shape index (κ3) is 3.29. The normalized spacial score (nSPS) is 13.6. The number of aryl methyl sites for hydroxylation is 1. The van der Waals surface area contributed by atoms with Crippen molar-refractivity contribution in [2.75, 3.05) is 0 Å². The molecule has 26 heavy (non-hydrogen) atoms. The highest BCUT2D eigenvalue weighted by Gasteiger charge is 2.24. The van der Waals surface area contributed by atoms with Gasteiger partial charge in [-0.3, -0.25) is 0 Å². The highest BCUT2D eigenvalue weighted by atomic mass is 16.3.